The van der Waals surface area contributed by atoms with Gasteiger partial charge in [-0.25, -0.2) is 0 Å². The molecule has 0 spiro atoms. The molecule has 2 aromatic carbocycles. The molecular weight excluding hydrogens is 330 g/mol. The van der Waals surface area contributed by atoms with Crippen LogP contribution in [0.4, 0.5) is 5.69 Å². The van der Waals surface area contributed by atoms with Gasteiger partial charge in [-0.1, -0.05) is 34.1 Å². The van der Waals surface area contributed by atoms with E-state index in [1.165, 1.54) is 0 Å². The number of carbonyl (C=O) groups excluding carboxylic acids is 1. The van der Waals surface area contributed by atoms with E-state index in [0.717, 1.165) is 26.6 Å². The van der Waals surface area contributed by atoms with E-state index in [9.17, 15) is 4.79 Å². The molecule has 1 amide bonds. The van der Waals surface area contributed by atoms with E-state index in [1.807, 2.05) is 49.4 Å². The molecule has 1 heterocycles. The lowest BCUT2D eigenvalue weighted by Gasteiger charge is -2.08. The van der Waals surface area contributed by atoms with Crippen LogP contribution in [-0.2, 0) is 11.3 Å². The minimum absolute atomic E-state index is 0.0921. The highest BCUT2D eigenvalue weighted by Crippen LogP contribution is 2.20. The Morgan fingerprint density at radius 2 is 2.10 bits per heavy atom. The Bertz CT molecular complexity index is 810. The summed E-state index contributed by atoms with van der Waals surface area (Å²) in [5.74, 6) is -0.0921. The number of benzene rings is 2. The maximum absolute atomic E-state index is 12.1. The molecule has 0 bridgehead atoms. The quantitative estimate of drug-likeness (QED) is 0.787. The van der Waals surface area contributed by atoms with E-state index in [4.69, 9.17) is 0 Å². The monoisotopic (exact) mass is 343 g/mol. The van der Waals surface area contributed by atoms with Gasteiger partial charge in [-0.15, -0.1) is 0 Å². The Hall–Kier alpha value is -2.14. The molecule has 0 saturated heterocycles. The highest BCUT2D eigenvalue weighted by molar-refractivity contribution is 9.10. The van der Waals surface area contributed by atoms with Crippen molar-refractivity contribution >= 4 is 38.4 Å². The van der Waals surface area contributed by atoms with Gasteiger partial charge in [0, 0.05) is 15.5 Å². The summed E-state index contributed by atoms with van der Waals surface area (Å²) in [6.45, 7) is 2.18. The largest absolute Gasteiger partial charge is 0.324 e. The highest BCUT2D eigenvalue weighted by atomic mass is 79.9. The van der Waals surface area contributed by atoms with Crippen LogP contribution in [-0.4, -0.2) is 15.7 Å². The Morgan fingerprint density at radius 3 is 2.90 bits per heavy atom. The number of anilines is 1. The van der Waals surface area contributed by atoms with Crippen LogP contribution in [0.2, 0.25) is 0 Å². The van der Waals surface area contributed by atoms with E-state index in [1.54, 1.807) is 10.9 Å². The van der Waals surface area contributed by atoms with E-state index in [2.05, 4.69) is 26.3 Å². The van der Waals surface area contributed by atoms with Crippen molar-refractivity contribution in [2.24, 2.45) is 0 Å². The fraction of sp³-hybridized carbons (Fsp3) is 0.125. The summed E-state index contributed by atoms with van der Waals surface area (Å²) >= 11 is 3.44. The van der Waals surface area contributed by atoms with E-state index < -0.39 is 0 Å². The van der Waals surface area contributed by atoms with Gasteiger partial charge in [0.05, 0.1) is 11.7 Å². The average molecular weight is 344 g/mol. The van der Waals surface area contributed by atoms with Crippen LogP contribution in [0, 0.1) is 6.92 Å². The van der Waals surface area contributed by atoms with Crippen molar-refractivity contribution in [3.8, 4) is 0 Å². The molecule has 0 aliphatic heterocycles. The van der Waals surface area contributed by atoms with Crippen LogP contribution < -0.4 is 5.32 Å². The van der Waals surface area contributed by atoms with E-state index in [0.29, 0.717) is 0 Å². The molecule has 1 N–H and O–H groups in total. The van der Waals surface area contributed by atoms with Crippen LogP contribution in [0.15, 0.2) is 53.1 Å². The number of aromatic nitrogens is 2. The Kier molecular flexibility index (Phi) is 3.75. The van der Waals surface area contributed by atoms with Gasteiger partial charge in [-0.05, 0) is 36.8 Å². The molecule has 0 atom stereocenters. The fourth-order valence-corrected chi connectivity index (χ4v) is 2.46. The number of halogens is 1. The first-order valence-electron chi connectivity index (χ1n) is 6.60. The molecule has 21 heavy (non-hydrogen) atoms. The molecule has 0 aliphatic rings. The van der Waals surface area contributed by atoms with Crippen LogP contribution in [0.1, 0.15) is 5.56 Å². The molecule has 5 heteroatoms. The third-order valence-electron chi connectivity index (χ3n) is 3.29. The minimum Gasteiger partial charge on any atom is -0.324 e. The van der Waals surface area contributed by atoms with Crippen LogP contribution in [0.25, 0.3) is 10.9 Å². The standard InChI is InChI=1S/C16H14BrN3O/c1-11-8-13(6-7-14(11)17)19-16(21)10-20-15-5-3-2-4-12(15)9-18-20/h2-9H,10H2,1H3,(H,19,21). The number of rotatable bonds is 3. The summed E-state index contributed by atoms with van der Waals surface area (Å²) in [4.78, 5) is 12.1. The van der Waals surface area contributed by atoms with Gasteiger partial charge in [0.15, 0.2) is 0 Å². The molecule has 0 radical (unpaired) electrons. The number of para-hydroxylation sites is 1. The predicted octanol–water partition coefficient (Wildman–Crippen LogP) is 3.75. The summed E-state index contributed by atoms with van der Waals surface area (Å²) in [7, 11) is 0. The zero-order valence-electron chi connectivity index (χ0n) is 11.5. The molecular formula is C16H14BrN3O. The number of nitrogens with one attached hydrogen (secondary N) is 1. The lowest BCUT2D eigenvalue weighted by atomic mass is 10.2. The van der Waals surface area contributed by atoms with Crippen molar-refractivity contribution in [2.45, 2.75) is 13.5 Å². The van der Waals surface area contributed by atoms with Crippen molar-refractivity contribution in [3.05, 3.63) is 58.7 Å². The maximum atomic E-state index is 12.1. The van der Waals surface area contributed by atoms with Crippen molar-refractivity contribution < 1.29 is 4.79 Å². The summed E-state index contributed by atoms with van der Waals surface area (Å²) < 4.78 is 2.73. The molecule has 0 aliphatic carbocycles. The molecule has 3 rings (SSSR count). The summed E-state index contributed by atoms with van der Waals surface area (Å²) in [5, 5.41) is 8.18. The van der Waals surface area contributed by atoms with Crippen molar-refractivity contribution in [3.63, 3.8) is 0 Å². The summed E-state index contributed by atoms with van der Waals surface area (Å²) in [6, 6.07) is 13.6. The second-order valence-electron chi connectivity index (χ2n) is 4.87. The highest BCUT2D eigenvalue weighted by Gasteiger charge is 2.08. The molecule has 0 fully saturated rings. The second-order valence-corrected chi connectivity index (χ2v) is 5.73. The van der Waals surface area contributed by atoms with Gasteiger partial charge < -0.3 is 5.32 Å². The Balaban J connectivity index is 1.75. The number of fused-ring (bicyclic) bond motifs is 1. The van der Waals surface area contributed by atoms with Crippen LogP contribution in [0.3, 0.4) is 0 Å². The van der Waals surface area contributed by atoms with Gasteiger partial charge in [0.1, 0.15) is 6.54 Å². The smallest absolute Gasteiger partial charge is 0.246 e. The normalized spacial score (nSPS) is 10.8. The molecule has 0 saturated carbocycles. The third-order valence-corrected chi connectivity index (χ3v) is 4.18. The van der Waals surface area contributed by atoms with Gasteiger partial charge in [-0.2, -0.15) is 5.10 Å². The SMILES string of the molecule is Cc1cc(NC(=O)Cn2ncc3ccccc32)ccc1Br. The number of aryl methyl sites for hydroxylation is 1. The van der Waals surface area contributed by atoms with Crippen molar-refractivity contribution in [1.82, 2.24) is 9.78 Å². The number of nitrogens with zero attached hydrogens (tertiary/aromatic N) is 2. The van der Waals surface area contributed by atoms with Crippen LogP contribution >= 0.6 is 15.9 Å². The molecule has 0 unspecified atom stereocenters. The van der Waals surface area contributed by atoms with Crippen molar-refractivity contribution in [2.75, 3.05) is 5.32 Å². The van der Waals surface area contributed by atoms with Gasteiger partial charge in [0.2, 0.25) is 5.91 Å². The lowest BCUT2D eigenvalue weighted by Crippen LogP contribution is -2.19. The first-order valence-corrected chi connectivity index (χ1v) is 7.39. The topological polar surface area (TPSA) is 46.9 Å². The molecule has 3 aromatic rings. The first-order chi connectivity index (χ1) is 10.1. The summed E-state index contributed by atoms with van der Waals surface area (Å²) in [5.41, 5.74) is 2.83. The summed E-state index contributed by atoms with van der Waals surface area (Å²) in [6.07, 6.45) is 1.77. The zero-order valence-corrected chi connectivity index (χ0v) is 13.1. The Morgan fingerprint density at radius 1 is 1.29 bits per heavy atom. The van der Waals surface area contributed by atoms with E-state index in [-0.39, 0.29) is 12.5 Å². The average Bonchev–Trinajstić information content (AvgIpc) is 2.86. The molecule has 1 aromatic heterocycles. The molecule has 106 valence electrons. The predicted molar refractivity (Wildman–Crippen MR) is 87.2 cm³/mol. The van der Waals surface area contributed by atoms with Crippen LogP contribution in [0.5, 0.6) is 0 Å². The number of hydrogen-bond acceptors (Lipinski definition) is 2. The van der Waals surface area contributed by atoms with Gasteiger partial charge in [0.25, 0.3) is 0 Å². The fourth-order valence-electron chi connectivity index (χ4n) is 2.21. The zero-order chi connectivity index (χ0) is 14.8. The van der Waals surface area contributed by atoms with E-state index >= 15 is 0 Å². The van der Waals surface area contributed by atoms with Crippen molar-refractivity contribution in [1.29, 1.82) is 0 Å². The second kappa shape index (κ2) is 5.69. The number of carbonyl (C=O) groups is 1. The lowest BCUT2D eigenvalue weighted by molar-refractivity contribution is -0.116. The Labute approximate surface area is 130 Å². The minimum atomic E-state index is -0.0921. The van der Waals surface area contributed by atoms with Gasteiger partial charge in [-0.3, -0.25) is 9.48 Å². The molecule has 4 nitrogen and oxygen atoms in total. The third kappa shape index (κ3) is 2.97. The number of amides is 1. The van der Waals surface area contributed by atoms with Gasteiger partial charge >= 0.3 is 0 Å². The number of hydrogen-bond donors (Lipinski definition) is 1. The maximum Gasteiger partial charge on any atom is 0.246 e. The first kappa shape index (κ1) is 13.8.